The molecule has 0 fully saturated rings. The van der Waals surface area contributed by atoms with Crippen molar-refractivity contribution >= 4 is 23.3 Å². The van der Waals surface area contributed by atoms with Crippen molar-refractivity contribution in [2.24, 2.45) is 17.5 Å². The van der Waals surface area contributed by atoms with E-state index in [1.54, 1.807) is 36.5 Å². The Morgan fingerprint density at radius 1 is 1.18 bits per heavy atom. The number of anilines is 2. The third-order valence-electron chi connectivity index (χ3n) is 3.94. The van der Waals surface area contributed by atoms with Crippen LogP contribution in [0.25, 0.3) is 0 Å². The number of hydrogen-bond donors (Lipinski definition) is 3. The minimum atomic E-state index is -4.42. The molecule has 0 saturated heterocycles. The number of rotatable bonds is 8. The fraction of sp³-hybridized carbons (Fsp3) is 0.300. The first kappa shape index (κ1) is 22.0. The monoisotopic (exact) mass is 410 g/mol. The van der Waals surface area contributed by atoms with Crippen LogP contribution in [0, 0.1) is 5.92 Å². The predicted octanol–water partition coefficient (Wildman–Crippen LogP) is 5.74. The summed E-state index contributed by atoms with van der Waals surface area (Å²) < 4.78 is 42.0. The number of nitrogens with two attached hydrogens (primary N) is 2. The molecule has 28 heavy (non-hydrogen) atoms. The Bertz CT molecular complexity index is 806. The van der Waals surface area contributed by atoms with Gasteiger partial charge in [-0.1, -0.05) is 32.0 Å². The van der Waals surface area contributed by atoms with E-state index in [9.17, 15) is 13.2 Å². The summed E-state index contributed by atoms with van der Waals surface area (Å²) >= 11 is 1.08. The zero-order chi connectivity index (χ0) is 20.7. The second-order valence-electron chi connectivity index (χ2n) is 6.79. The van der Waals surface area contributed by atoms with Gasteiger partial charge in [0.25, 0.3) is 0 Å². The lowest BCUT2D eigenvalue weighted by atomic mass is 10.1. The van der Waals surface area contributed by atoms with E-state index in [0.29, 0.717) is 17.3 Å². The highest BCUT2D eigenvalue weighted by molar-refractivity contribution is 8.00. The van der Waals surface area contributed by atoms with Gasteiger partial charge >= 0.3 is 6.18 Å². The van der Waals surface area contributed by atoms with E-state index in [0.717, 1.165) is 35.8 Å². The SMILES string of the molecule is CC(C)CC/C(N)=C/N(N)c1cccc(SNc2ccccc2C(F)(F)F)c1. The quantitative estimate of drug-likeness (QED) is 0.294. The van der Waals surface area contributed by atoms with E-state index in [-0.39, 0.29) is 5.69 Å². The van der Waals surface area contributed by atoms with Gasteiger partial charge in [-0.05, 0) is 61.0 Å². The summed E-state index contributed by atoms with van der Waals surface area (Å²) in [5, 5.41) is 1.42. The zero-order valence-corrected chi connectivity index (χ0v) is 16.6. The van der Waals surface area contributed by atoms with Crippen LogP contribution in [0.1, 0.15) is 32.3 Å². The molecule has 4 nitrogen and oxygen atoms in total. The largest absolute Gasteiger partial charge is 0.418 e. The topological polar surface area (TPSA) is 67.3 Å². The van der Waals surface area contributed by atoms with Crippen LogP contribution in [0.2, 0.25) is 0 Å². The van der Waals surface area contributed by atoms with Crippen molar-refractivity contribution in [2.45, 2.75) is 37.8 Å². The molecule has 0 unspecified atom stereocenters. The molecule has 0 spiro atoms. The molecule has 0 amide bonds. The highest BCUT2D eigenvalue weighted by Crippen LogP contribution is 2.36. The molecule has 0 aromatic heterocycles. The second kappa shape index (κ2) is 9.75. The Balaban J connectivity index is 2.07. The van der Waals surface area contributed by atoms with Crippen LogP contribution >= 0.6 is 11.9 Å². The van der Waals surface area contributed by atoms with E-state index >= 15 is 0 Å². The molecule has 0 atom stereocenters. The van der Waals surface area contributed by atoms with Gasteiger partial charge in [-0.15, -0.1) is 0 Å². The van der Waals surface area contributed by atoms with Crippen LogP contribution in [-0.2, 0) is 6.18 Å². The van der Waals surface area contributed by atoms with Crippen LogP contribution in [-0.4, -0.2) is 0 Å². The maximum Gasteiger partial charge on any atom is 0.418 e. The number of alkyl halides is 3. The first-order valence-corrected chi connectivity index (χ1v) is 9.67. The van der Waals surface area contributed by atoms with E-state index in [1.165, 1.54) is 17.1 Å². The number of hydrogen-bond acceptors (Lipinski definition) is 5. The molecule has 0 heterocycles. The van der Waals surface area contributed by atoms with E-state index in [2.05, 4.69) is 18.6 Å². The summed E-state index contributed by atoms with van der Waals surface area (Å²) in [5.41, 5.74) is 6.66. The summed E-state index contributed by atoms with van der Waals surface area (Å²) in [5.74, 6) is 6.60. The summed E-state index contributed by atoms with van der Waals surface area (Å²) in [6.07, 6.45) is -1.04. The third kappa shape index (κ3) is 6.69. The lowest BCUT2D eigenvalue weighted by Gasteiger charge is -2.17. The molecule has 0 aliphatic heterocycles. The summed E-state index contributed by atoms with van der Waals surface area (Å²) in [6.45, 7) is 4.25. The Labute approximate surface area is 167 Å². The fourth-order valence-electron chi connectivity index (χ4n) is 2.41. The number of para-hydroxylation sites is 1. The number of hydrazine groups is 1. The highest BCUT2D eigenvalue weighted by Gasteiger charge is 2.33. The van der Waals surface area contributed by atoms with E-state index < -0.39 is 11.7 Å². The number of nitrogens with one attached hydrogen (secondary N) is 1. The van der Waals surface area contributed by atoms with Gasteiger partial charge < -0.3 is 10.5 Å². The van der Waals surface area contributed by atoms with Crippen molar-refractivity contribution < 1.29 is 13.2 Å². The van der Waals surface area contributed by atoms with E-state index in [4.69, 9.17) is 11.6 Å². The minimum Gasteiger partial charge on any atom is -0.401 e. The van der Waals surface area contributed by atoms with Crippen LogP contribution < -0.4 is 21.3 Å². The van der Waals surface area contributed by atoms with Crippen molar-refractivity contribution in [3.05, 3.63) is 66.0 Å². The molecule has 2 rings (SSSR count). The van der Waals surface area contributed by atoms with Crippen LogP contribution in [0.4, 0.5) is 24.5 Å². The Kier molecular flexibility index (Phi) is 7.65. The minimum absolute atomic E-state index is 0.00725. The second-order valence-corrected chi connectivity index (χ2v) is 7.67. The molecule has 8 heteroatoms. The molecule has 5 N–H and O–H groups in total. The highest BCUT2D eigenvalue weighted by atomic mass is 32.2. The number of allylic oxidation sites excluding steroid dienone is 1. The maximum absolute atomic E-state index is 13.1. The van der Waals surface area contributed by atoms with Crippen molar-refractivity contribution in [3.63, 3.8) is 0 Å². The molecule has 2 aromatic carbocycles. The van der Waals surface area contributed by atoms with Gasteiger partial charge in [-0.2, -0.15) is 13.2 Å². The summed E-state index contributed by atoms with van der Waals surface area (Å²) in [4.78, 5) is 0.721. The molecule has 0 aliphatic rings. The van der Waals surface area contributed by atoms with Gasteiger partial charge in [0.1, 0.15) is 0 Å². The number of nitrogens with zero attached hydrogens (tertiary/aromatic N) is 1. The van der Waals surface area contributed by atoms with Crippen LogP contribution in [0.3, 0.4) is 0 Å². The first-order chi connectivity index (χ1) is 13.2. The van der Waals surface area contributed by atoms with Gasteiger partial charge in [0.05, 0.1) is 16.9 Å². The predicted molar refractivity (Wildman–Crippen MR) is 110 cm³/mol. The van der Waals surface area contributed by atoms with Gasteiger partial charge in [0.15, 0.2) is 0 Å². The average Bonchev–Trinajstić information content (AvgIpc) is 2.64. The lowest BCUT2D eigenvalue weighted by molar-refractivity contribution is -0.136. The molecule has 0 saturated carbocycles. The number of benzene rings is 2. The first-order valence-electron chi connectivity index (χ1n) is 8.86. The van der Waals surface area contributed by atoms with Crippen molar-refractivity contribution in [1.29, 1.82) is 0 Å². The average molecular weight is 411 g/mol. The van der Waals surface area contributed by atoms with Crippen LogP contribution in [0.5, 0.6) is 0 Å². The molecule has 0 radical (unpaired) electrons. The van der Waals surface area contributed by atoms with Gasteiger partial charge in [0.2, 0.25) is 0 Å². The maximum atomic E-state index is 13.1. The molecule has 2 aromatic rings. The Hall–Kier alpha value is -2.32. The normalized spacial score (nSPS) is 12.3. The molecular formula is C20H25F3N4S. The van der Waals surface area contributed by atoms with Crippen LogP contribution in [0.15, 0.2) is 65.3 Å². The Morgan fingerprint density at radius 2 is 1.89 bits per heavy atom. The van der Waals surface area contributed by atoms with Gasteiger partial charge in [-0.25, -0.2) is 5.84 Å². The molecular weight excluding hydrogens is 385 g/mol. The fourth-order valence-corrected chi connectivity index (χ4v) is 3.15. The number of halogens is 3. The summed E-state index contributed by atoms with van der Waals surface area (Å²) in [7, 11) is 0. The molecule has 0 bridgehead atoms. The molecule has 152 valence electrons. The smallest absolute Gasteiger partial charge is 0.401 e. The summed E-state index contributed by atoms with van der Waals surface area (Å²) in [6, 6.07) is 12.5. The van der Waals surface area contributed by atoms with E-state index in [1.807, 2.05) is 0 Å². The molecule has 0 aliphatic carbocycles. The zero-order valence-electron chi connectivity index (χ0n) is 15.8. The van der Waals surface area contributed by atoms with Crippen molar-refractivity contribution in [1.82, 2.24) is 0 Å². The van der Waals surface area contributed by atoms with Crippen molar-refractivity contribution in [2.75, 3.05) is 9.73 Å². The Morgan fingerprint density at radius 3 is 2.57 bits per heavy atom. The standard InChI is InChI=1S/C20H25F3N4S/c1-14(2)10-11-15(24)13-27(25)16-6-5-7-17(12-16)28-26-19-9-4-3-8-18(19)20(21,22)23/h3-9,12-14,26H,10-11,24-25H2,1-2H3/b15-13-. The van der Waals surface area contributed by atoms with Crippen molar-refractivity contribution in [3.8, 4) is 0 Å². The van der Waals surface area contributed by atoms with Gasteiger partial charge in [-0.3, -0.25) is 5.01 Å². The lowest BCUT2D eigenvalue weighted by Crippen LogP contribution is -2.26. The van der Waals surface area contributed by atoms with Gasteiger partial charge in [0, 0.05) is 16.8 Å². The third-order valence-corrected chi connectivity index (χ3v) is 4.75.